The highest BCUT2D eigenvalue weighted by molar-refractivity contribution is 5.75. The van der Waals surface area contributed by atoms with Crippen LogP contribution in [0.2, 0.25) is 0 Å². The summed E-state index contributed by atoms with van der Waals surface area (Å²) in [6.07, 6.45) is 1.55. The molecule has 0 fully saturated rings. The molecule has 18 heavy (non-hydrogen) atoms. The minimum absolute atomic E-state index is 0.657. The van der Waals surface area contributed by atoms with E-state index in [1.54, 1.807) is 13.2 Å². The molecule has 0 amide bonds. The van der Waals surface area contributed by atoms with Crippen molar-refractivity contribution in [2.24, 2.45) is 0 Å². The first-order valence-electron chi connectivity index (χ1n) is 5.78. The minimum atomic E-state index is 0.657. The van der Waals surface area contributed by atoms with Crippen molar-refractivity contribution in [2.45, 2.75) is 20.3 Å². The van der Waals surface area contributed by atoms with Crippen LogP contribution in [0.1, 0.15) is 32.9 Å². The minimum Gasteiger partial charge on any atom is -0.496 e. The second-order valence-electron chi connectivity index (χ2n) is 4.28. The predicted octanol–water partition coefficient (Wildman–Crippen LogP) is 2.44. The van der Waals surface area contributed by atoms with Crippen molar-refractivity contribution in [1.82, 2.24) is 10.2 Å². The molecule has 0 unspecified atom stereocenters. The van der Waals surface area contributed by atoms with Crippen molar-refractivity contribution in [3.8, 4) is 5.75 Å². The van der Waals surface area contributed by atoms with E-state index in [4.69, 9.17) is 4.74 Å². The second-order valence-corrected chi connectivity index (χ2v) is 4.28. The third-order valence-electron chi connectivity index (χ3n) is 3.09. The highest BCUT2D eigenvalue weighted by atomic mass is 16.5. The molecule has 0 bridgehead atoms. The van der Waals surface area contributed by atoms with Gasteiger partial charge in [0.05, 0.1) is 12.8 Å². The third-order valence-corrected chi connectivity index (χ3v) is 3.09. The van der Waals surface area contributed by atoms with Crippen LogP contribution >= 0.6 is 0 Å². The molecular formula is C14H16N2O2. The molecule has 0 aliphatic heterocycles. The van der Waals surface area contributed by atoms with Crippen molar-refractivity contribution in [3.63, 3.8) is 0 Å². The molecule has 0 spiro atoms. The van der Waals surface area contributed by atoms with E-state index in [0.717, 1.165) is 34.6 Å². The molecule has 4 heteroatoms. The molecular weight excluding hydrogens is 228 g/mol. The average molecular weight is 244 g/mol. The van der Waals surface area contributed by atoms with Gasteiger partial charge in [0.15, 0.2) is 0 Å². The molecule has 0 radical (unpaired) electrons. The van der Waals surface area contributed by atoms with E-state index >= 15 is 0 Å². The highest BCUT2D eigenvalue weighted by Gasteiger charge is 2.11. The number of aryl methyl sites for hydroxylation is 2. The number of carbonyl (C=O) groups is 1. The summed E-state index contributed by atoms with van der Waals surface area (Å²) in [4.78, 5) is 10.8. The van der Waals surface area contributed by atoms with Gasteiger partial charge in [0.25, 0.3) is 0 Å². The lowest BCUT2D eigenvalue weighted by Gasteiger charge is -2.09. The Morgan fingerprint density at radius 3 is 2.72 bits per heavy atom. The van der Waals surface area contributed by atoms with E-state index in [2.05, 4.69) is 10.2 Å². The van der Waals surface area contributed by atoms with Gasteiger partial charge in [-0.05, 0) is 37.6 Å². The maximum atomic E-state index is 10.8. The zero-order valence-corrected chi connectivity index (χ0v) is 10.8. The van der Waals surface area contributed by atoms with Crippen molar-refractivity contribution in [1.29, 1.82) is 0 Å². The first-order valence-corrected chi connectivity index (χ1v) is 5.78. The van der Waals surface area contributed by atoms with Gasteiger partial charge >= 0.3 is 0 Å². The van der Waals surface area contributed by atoms with Gasteiger partial charge < -0.3 is 4.74 Å². The fraction of sp³-hybridized carbons (Fsp3) is 0.286. The van der Waals surface area contributed by atoms with Gasteiger partial charge in [-0.2, -0.15) is 5.10 Å². The van der Waals surface area contributed by atoms with E-state index in [0.29, 0.717) is 12.0 Å². The Morgan fingerprint density at radius 1 is 1.39 bits per heavy atom. The number of aromatic nitrogens is 2. The number of carbonyl (C=O) groups excluding carboxylic acids is 1. The summed E-state index contributed by atoms with van der Waals surface area (Å²) in [6.45, 7) is 3.96. The number of methoxy groups -OCH3 is 1. The average Bonchev–Trinajstić information content (AvgIpc) is 2.70. The van der Waals surface area contributed by atoms with Gasteiger partial charge in [0.2, 0.25) is 0 Å². The lowest BCUT2D eigenvalue weighted by molar-refractivity contribution is 0.112. The number of rotatable bonds is 4. The molecule has 2 aromatic rings. The molecule has 0 saturated heterocycles. The molecule has 2 rings (SSSR count). The normalized spacial score (nSPS) is 10.4. The Labute approximate surface area is 106 Å². The van der Waals surface area contributed by atoms with Gasteiger partial charge in [0.1, 0.15) is 12.0 Å². The number of benzene rings is 1. The fourth-order valence-corrected chi connectivity index (χ4v) is 2.03. The summed E-state index contributed by atoms with van der Waals surface area (Å²) in [5, 5.41) is 7.14. The monoisotopic (exact) mass is 244 g/mol. The predicted molar refractivity (Wildman–Crippen MR) is 69.2 cm³/mol. The van der Waals surface area contributed by atoms with Crippen LogP contribution < -0.4 is 4.74 Å². The molecule has 0 aliphatic rings. The van der Waals surface area contributed by atoms with Gasteiger partial charge in [-0.3, -0.25) is 9.89 Å². The number of nitrogens with one attached hydrogen (secondary N) is 1. The number of ether oxygens (including phenoxy) is 1. The number of aromatic amines is 1. The molecule has 1 N–H and O–H groups in total. The highest BCUT2D eigenvalue weighted by Crippen LogP contribution is 2.24. The Bertz CT molecular complexity index is 554. The third kappa shape index (κ3) is 2.27. The Hall–Kier alpha value is -2.10. The topological polar surface area (TPSA) is 55.0 Å². The van der Waals surface area contributed by atoms with Crippen molar-refractivity contribution in [3.05, 3.63) is 46.3 Å². The maximum Gasteiger partial charge on any atom is 0.150 e. The first-order chi connectivity index (χ1) is 8.65. The molecule has 1 heterocycles. The number of hydrogen-bond donors (Lipinski definition) is 1. The van der Waals surface area contributed by atoms with Crippen LogP contribution in [0.4, 0.5) is 0 Å². The molecule has 1 aromatic heterocycles. The number of nitrogens with zero attached hydrogens (tertiary/aromatic N) is 1. The maximum absolute atomic E-state index is 10.8. The zero-order valence-electron chi connectivity index (χ0n) is 10.8. The van der Waals surface area contributed by atoms with Gasteiger partial charge in [-0.1, -0.05) is 0 Å². The van der Waals surface area contributed by atoms with E-state index < -0.39 is 0 Å². The van der Waals surface area contributed by atoms with Gasteiger partial charge in [0, 0.05) is 23.2 Å². The zero-order chi connectivity index (χ0) is 13.1. The standard InChI is InChI=1S/C14H16N2O2/c1-9-13(10(2)16-15-9)7-12-6-11(8-17)4-5-14(12)18-3/h4-6,8H,7H2,1-3H3,(H,15,16). The quantitative estimate of drug-likeness (QED) is 0.840. The first kappa shape index (κ1) is 12.4. The summed E-state index contributed by atoms with van der Waals surface area (Å²) in [6, 6.07) is 5.44. The lowest BCUT2D eigenvalue weighted by atomic mass is 10.0. The van der Waals surface area contributed by atoms with E-state index in [9.17, 15) is 4.79 Å². The van der Waals surface area contributed by atoms with Crippen LogP contribution in [-0.4, -0.2) is 23.6 Å². The SMILES string of the molecule is COc1ccc(C=O)cc1Cc1c(C)n[nH]c1C. The molecule has 0 aliphatic carbocycles. The Balaban J connectivity index is 2.41. The van der Waals surface area contributed by atoms with Crippen LogP contribution in [0.15, 0.2) is 18.2 Å². The van der Waals surface area contributed by atoms with E-state index in [-0.39, 0.29) is 0 Å². The van der Waals surface area contributed by atoms with E-state index in [1.807, 2.05) is 26.0 Å². The fourth-order valence-electron chi connectivity index (χ4n) is 2.03. The van der Waals surface area contributed by atoms with Crippen LogP contribution in [0.25, 0.3) is 0 Å². The molecule has 0 atom stereocenters. The molecule has 4 nitrogen and oxygen atoms in total. The Morgan fingerprint density at radius 2 is 2.17 bits per heavy atom. The molecule has 0 saturated carbocycles. The van der Waals surface area contributed by atoms with Crippen LogP contribution in [0.5, 0.6) is 5.75 Å². The summed E-state index contributed by atoms with van der Waals surface area (Å²) in [7, 11) is 1.63. The summed E-state index contributed by atoms with van der Waals surface area (Å²) in [5.41, 5.74) is 4.83. The largest absolute Gasteiger partial charge is 0.496 e. The smallest absolute Gasteiger partial charge is 0.150 e. The van der Waals surface area contributed by atoms with Crippen LogP contribution in [0.3, 0.4) is 0 Å². The van der Waals surface area contributed by atoms with Crippen molar-refractivity contribution in [2.75, 3.05) is 7.11 Å². The van der Waals surface area contributed by atoms with Crippen LogP contribution in [-0.2, 0) is 6.42 Å². The number of aldehydes is 1. The van der Waals surface area contributed by atoms with Crippen LogP contribution in [0, 0.1) is 13.8 Å². The summed E-state index contributed by atoms with van der Waals surface area (Å²) >= 11 is 0. The van der Waals surface area contributed by atoms with Crippen molar-refractivity contribution >= 4 is 6.29 Å². The number of hydrogen-bond acceptors (Lipinski definition) is 3. The van der Waals surface area contributed by atoms with Crippen molar-refractivity contribution < 1.29 is 9.53 Å². The molecule has 94 valence electrons. The summed E-state index contributed by atoms with van der Waals surface area (Å²) < 4.78 is 5.33. The second kappa shape index (κ2) is 5.04. The van der Waals surface area contributed by atoms with E-state index in [1.165, 1.54) is 0 Å². The Kier molecular flexibility index (Phi) is 3.46. The van der Waals surface area contributed by atoms with Gasteiger partial charge in [-0.15, -0.1) is 0 Å². The van der Waals surface area contributed by atoms with Gasteiger partial charge in [-0.25, -0.2) is 0 Å². The summed E-state index contributed by atoms with van der Waals surface area (Å²) in [5.74, 6) is 0.792. The number of H-pyrrole nitrogens is 1. The molecule has 1 aromatic carbocycles. The lowest BCUT2D eigenvalue weighted by Crippen LogP contribution is -1.97.